The molecule has 0 aromatic heterocycles. The van der Waals surface area contributed by atoms with E-state index in [0.29, 0.717) is 10.1 Å². The van der Waals surface area contributed by atoms with Crippen LogP contribution in [0.5, 0.6) is 0 Å². The number of nitrogens with zero attached hydrogens (tertiary/aromatic N) is 2. The van der Waals surface area contributed by atoms with Gasteiger partial charge in [-0.3, -0.25) is 9.69 Å². The molecule has 1 heterocycles. The molecule has 1 aliphatic heterocycles. The number of anilines is 1. The number of thioether (sulfide) groups is 1. The van der Waals surface area contributed by atoms with Gasteiger partial charge in [0.2, 0.25) is 0 Å². The van der Waals surface area contributed by atoms with Crippen molar-refractivity contribution in [2.24, 2.45) is 4.99 Å². The van der Waals surface area contributed by atoms with Gasteiger partial charge in [-0.15, -0.1) is 0 Å². The zero-order valence-electron chi connectivity index (χ0n) is 17.6. The SMILES string of the molecule is Cc1ccc(C)c(/C=C2\SC(=Nc3ccccc3C)N(c3ccccc3C)C2=O)c1. The molecular weight excluding hydrogens is 388 g/mol. The van der Waals surface area contributed by atoms with Crippen LogP contribution in [0.1, 0.15) is 27.8 Å². The number of hydrogen-bond donors (Lipinski definition) is 0. The summed E-state index contributed by atoms with van der Waals surface area (Å²) in [6, 6.07) is 22.2. The summed E-state index contributed by atoms with van der Waals surface area (Å²) in [5.41, 5.74) is 7.24. The third-order valence-electron chi connectivity index (χ3n) is 5.22. The third kappa shape index (κ3) is 3.96. The Hall–Kier alpha value is -3.11. The first kappa shape index (κ1) is 20.2. The highest BCUT2D eigenvalue weighted by Crippen LogP contribution is 2.39. The lowest BCUT2D eigenvalue weighted by atomic mass is 10.1. The van der Waals surface area contributed by atoms with Crippen molar-refractivity contribution >= 4 is 40.3 Å². The van der Waals surface area contributed by atoms with Crippen LogP contribution in [0, 0.1) is 27.7 Å². The van der Waals surface area contributed by atoms with Gasteiger partial charge in [0.1, 0.15) is 0 Å². The van der Waals surface area contributed by atoms with Crippen molar-refractivity contribution in [2.45, 2.75) is 27.7 Å². The molecule has 4 heteroatoms. The minimum atomic E-state index is -0.0393. The van der Waals surface area contributed by atoms with Crippen molar-refractivity contribution < 1.29 is 4.79 Å². The quantitative estimate of drug-likeness (QED) is 0.447. The molecule has 150 valence electrons. The Morgan fingerprint density at radius 1 is 0.833 bits per heavy atom. The van der Waals surface area contributed by atoms with Crippen LogP contribution in [-0.2, 0) is 4.79 Å². The molecule has 3 nitrogen and oxygen atoms in total. The van der Waals surface area contributed by atoms with Gasteiger partial charge in [-0.2, -0.15) is 0 Å². The number of amidine groups is 1. The van der Waals surface area contributed by atoms with E-state index in [1.54, 1.807) is 4.90 Å². The summed E-state index contributed by atoms with van der Waals surface area (Å²) >= 11 is 1.43. The zero-order valence-corrected chi connectivity index (χ0v) is 18.5. The first-order valence-corrected chi connectivity index (χ1v) is 10.8. The molecule has 0 spiro atoms. The lowest BCUT2D eigenvalue weighted by Crippen LogP contribution is -2.29. The van der Waals surface area contributed by atoms with Gasteiger partial charge in [-0.1, -0.05) is 60.2 Å². The number of carbonyl (C=O) groups excluding carboxylic acids is 1. The number of aliphatic imine (C=N–C) groups is 1. The van der Waals surface area contributed by atoms with Crippen LogP contribution in [0.2, 0.25) is 0 Å². The van der Waals surface area contributed by atoms with Crippen molar-refractivity contribution in [1.82, 2.24) is 0 Å². The predicted octanol–water partition coefficient (Wildman–Crippen LogP) is 6.73. The van der Waals surface area contributed by atoms with Crippen molar-refractivity contribution in [3.63, 3.8) is 0 Å². The minimum absolute atomic E-state index is 0.0393. The fourth-order valence-electron chi connectivity index (χ4n) is 3.42. The standard InChI is InChI=1S/C26H24N2OS/c1-17-13-14-18(2)21(15-17)16-24-25(29)28(23-12-8-6-10-20(23)4)26(30-24)27-22-11-7-5-9-19(22)3/h5-16H,1-4H3/b24-16-,27-26?. The summed E-state index contributed by atoms with van der Waals surface area (Å²) in [7, 11) is 0. The molecular formula is C26H24N2OS. The van der Waals surface area contributed by atoms with E-state index in [9.17, 15) is 4.79 Å². The molecule has 30 heavy (non-hydrogen) atoms. The van der Waals surface area contributed by atoms with Gasteiger partial charge in [-0.05, 0) is 79.9 Å². The van der Waals surface area contributed by atoms with Crippen molar-refractivity contribution in [3.8, 4) is 0 Å². The van der Waals surface area contributed by atoms with E-state index in [0.717, 1.165) is 33.6 Å². The molecule has 3 aromatic carbocycles. The van der Waals surface area contributed by atoms with Crippen molar-refractivity contribution in [3.05, 3.63) is 99.5 Å². The molecule has 1 saturated heterocycles. The molecule has 1 amide bonds. The maximum absolute atomic E-state index is 13.5. The van der Waals surface area contributed by atoms with Gasteiger partial charge in [0.15, 0.2) is 5.17 Å². The normalized spacial score (nSPS) is 16.7. The van der Waals surface area contributed by atoms with Crippen LogP contribution in [0.3, 0.4) is 0 Å². The van der Waals surface area contributed by atoms with E-state index in [-0.39, 0.29) is 5.91 Å². The van der Waals surface area contributed by atoms with E-state index >= 15 is 0 Å². The smallest absolute Gasteiger partial charge is 0.268 e. The number of benzene rings is 3. The number of amides is 1. The highest BCUT2D eigenvalue weighted by Gasteiger charge is 2.35. The van der Waals surface area contributed by atoms with Gasteiger partial charge in [-0.25, -0.2) is 4.99 Å². The van der Waals surface area contributed by atoms with Crippen LogP contribution in [-0.4, -0.2) is 11.1 Å². The van der Waals surface area contributed by atoms with Crippen LogP contribution in [0.4, 0.5) is 11.4 Å². The number of rotatable bonds is 3. The maximum atomic E-state index is 13.5. The highest BCUT2D eigenvalue weighted by molar-refractivity contribution is 8.19. The number of carbonyl (C=O) groups is 1. The molecule has 0 radical (unpaired) electrons. The highest BCUT2D eigenvalue weighted by atomic mass is 32.2. The minimum Gasteiger partial charge on any atom is -0.268 e. The molecule has 0 saturated carbocycles. The van der Waals surface area contributed by atoms with E-state index in [4.69, 9.17) is 4.99 Å². The molecule has 0 aliphatic carbocycles. The lowest BCUT2D eigenvalue weighted by Gasteiger charge is -2.18. The number of aryl methyl sites for hydroxylation is 4. The third-order valence-corrected chi connectivity index (χ3v) is 6.18. The summed E-state index contributed by atoms with van der Waals surface area (Å²) < 4.78 is 0. The van der Waals surface area contributed by atoms with Crippen molar-refractivity contribution in [2.75, 3.05) is 4.90 Å². The van der Waals surface area contributed by atoms with Crippen molar-refractivity contribution in [1.29, 1.82) is 0 Å². The predicted molar refractivity (Wildman–Crippen MR) is 128 cm³/mol. The van der Waals surface area contributed by atoms with E-state index in [2.05, 4.69) is 32.0 Å². The monoisotopic (exact) mass is 412 g/mol. The van der Waals surface area contributed by atoms with Crippen LogP contribution in [0.15, 0.2) is 76.6 Å². The van der Waals surface area contributed by atoms with E-state index in [1.165, 1.54) is 17.3 Å². The van der Waals surface area contributed by atoms with Gasteiger partial charge < -0.3 is 0 Å². The maximum Gasteiger partial charge on any atom is 0.271 e. The Bertz CT molecular complexity index is 1190. The summed E-state index contributed by atoms with van der Waals surface area (Å²) in [6.07, 6.45) is 1.99. The first-order valence-electron chi connectivity index (χ1n) is 9.95. The van der Waals surface area contributed by atoms with Gasteiger partial charge in [0.25, 0.3) is 5.91 Å². The Morgan fingerprint density at radius 3 is 2.27 bits per heavy atom. The Labute approximate surface area is 182 Å². The largest absolute Gasteiger partial charge is 0.271 e. The molecule has 0 N–H and O–H groups in total. The van der Waals surface area contributed by atoms with Gasteiger partial charge in [0.05, 0.1) is 16.3 Å². The second kappa shape index (κ2) is 8.33. The molecule has 0 atom stereocenters. The van der Waals surface area contributed by atoms with Gasteiger partial charge in [0, 0.05) is 0 Å². The first-order chi connectivity index (χ1) is 14.4. The van der Waals surface area contributed by atoms with Gasteiger partial charge >= 0.3 is 0 Å². The zero-order chi connectivity index (χ0) is 21.3. The Kier molecular flexibility index (Phi) is 5.60. The number of para-hydroxylation sites is 2. The lowest BCUT2D eigenvalue weighted by molar-refractivity contribution is -0.113. The Morgan fingerprint density at radius 2 is 1.53 bits per heavy atom. The fraction of sp³-hybridized carbons (Fsp3) is 0.154. The molecule has 0 unspecified atom stereocenters. The second-order valence-electron chi connectivity index (χ2n) is 7.58. The van der Waals surface area contributed by atoms with Crippen LogP contribution < -0.4 is 4.90 Å². The molecule has 1 fully saturated rings. The average Bonchev–Trinajstić information content (AvgIpc) is 3.02. The summed E-state index contributed by atoms with van der Waals surface area (Å²) in [4.78, 5) is 20.8. The van der Waals surface area contributed by atoms with Crippen LogP contribution in [0.25, 0.3) is 6.08 Å². The topological polar surface area (TPSA) is 32.7 Å². The molecule has 1 aliphatic rings. The second-order valence-corrected chi connectivity index (χ2v) is 8.59. The van der Waals surface area contributed by atoms with Crippen LogP contribution >= 0.6 is 11.8 Å². The summed E-state index contributed by atoms with van der Waals surface area (Å²) in [6.45, 7) is 8.18. The van der Waals surface area contributed by atoms with E-state index in [1.807, 2.05) is 68.5 Å². The van der Waals surface area contributed by atoms with E-state index < -0.39 is 0 Å². The Balaban J connectivity index is 1.84. The molecule has 3 aromatic rings. The molecule has 4 rings (SSSR count). The fourth-order valence-corrected chi connectivity index (χ4v) is 4.40. The summed E-state index contributed by atoms with van der Waals surface area (Å²) in [5, 5.41) is 0.681. The molecule has 0 bridgehead atoms. The number of hydrogen-bond acceptors (Lipinski definition) is 3. The average molecular weight is 413 g/mol. The summed E-state index contributed by atoms with van der Waals surface area (Å²) in [5.74, 6) is -0.0393.